The molecule has 0 aliphatic rings. The summed E-state index contributed by atoms with van der Waals surface area (Å²) in [4.78, 5) is 20.2. The number of benzene rings is 1. The van der Waals surface area contributed by atoms with Crippen LogP contribution in [-0.4, -0.2) is 43.3 Å². The van der Waals surface area contributed by atoms with Gasteiger partial charge in [-0.15, -0.1) is 0 Å². The van der Waals surface area contributed by atoms with Crippen LogP contribution in [0.4, 0.5) is 17.5 Å². The number of hydrogen-bond donors (Lipinski definition) is 2. The summed E-state index contributed by atoms with van der Waals surface area (Å²) < 4.78 is 9.70. The third kappa shape index (κ3) is 5.20. The quantitative estimate of drug-likeness (QED) is 0.568. The average Bonchev–Trinajstić information content (AvgIpc) is 2.58. The van der Waals surface area contributed by atoms with Crippen molar-refractivity contribution in [1.29, 1.82) is 0 Å². The second-order valence-electron chi connectivity index (χ2n) is 5.19. The number of carbonyl (C=O) groups excluding carboxylic acids is 1. The number of esters is 1. The second kappa shape index (κ2) is 8.83. The second-order valence-corrected chi connectivity index (χ2v) is 5.19. The Balaban J connectivity index is 2.03. The molecule has 1 aromatic heterocycles. The molecule has 0 bridgehead atoms. The maximum Gasteiger partial charge on any atom is 0.337 e. The molecular weight excluding hydrogens is 308 g/mol. The zero-order valence-electron chi connectivity index (χ0n) is 14.1. The number of methoxy groups -OCH3 is 2. The minimum Gasteiger partial charge on any atom is -0.465 e. The average molecular weight is 330 g/mol. The van der Waals surface area contributed by atoms with E-state index in [1.54, 1.807) is 31.4 Å². The van der Waals surface area contributed by atoms with E-state index in [0.717, 1.165) is 30.2 Å². The van der Waals surface area contributed by atoms with E-state index in [0.29, 0.717) is 18.1 Å². The van der Waals surface area contributed by atoms with Gasteiger partial charge in [0.05, 0.1) is 12.7 Å². The van der Waals surface area contributed by atoms with Gasteiger partial charge < -0.3 is 20.1 Å². The summed E-state index contributed by atoms with van der Waals surface area (Å²) in [6.07, 6.45) is 0.900. The van der Waals surface area contributed by atoms with Gasteiger partial charge in [0.25, 0.3) is 0 Å². The van der Waals surface area contributed by atoms with E-state index in [4.69, 9.17) is 4.74 Å². The molecule has 0 unspecified atom stereocenters. The zero-order chi connectivity index (χ0) is 17.4. The molecular formula is C17H22N4O3. The van der Waals surface area contributed by atoms with Crippen LogP contribution < -0.4 is 10.6 Å². The maximum atomic E-state index is 11.4. The molecule has 1 heterocycles. The molecule has 7 heteroatoms. The van der Waals surface area contributed by atoms with Crippen molar-refractivity contribution in [2.75, 3.05) is 38.0 Å². The molecule has 2 aromatic rings. The van der Waals surface area contributed by atoms with E-state index in [-0.39, 0.29) is 5.97 Å². The number of anilines is 3. The van der Waals surface area contributed by atoms with Gasteiger partial charge >= 0.3 is 5.97 Å². The van der Waals surface area contributed by atoms with Crippen molar-refractivity contribution >= 4 is 23.4 Å². The van der Waals surface area contributed by atoms with Crippen LogP contribution in [0.2, 0.25) is 0 Å². The van der Waals surface area contributed by atoms with Crippen molar-refractivity contribution < 1.29 is 14.3 Å². The summed E-state index contributed by atoms with van der Waals surface area (Å²) in [6, 6.07) is 8.83. The van der Waals surface area contributed by atoms with Gasteiger partial charge in [-0.1, -0.05) is 0 Å². The van der Waals surface area contributed by atoms with E-state index >= 15 is 0 Å². The maximum absolute atomic E-state index is 11.4. The number of aromatic nitrogens is 2. The molecule has 0 amide bonds. The molecule has 128 valence electrons. The Morgan fingerprint density at radius 2 is 1.92 bits per heavy atom. The fourth-order valence-corrected chi connectivity index (χ4v) is 2.08. The molecule has 0 aliphatic heterocycles. The van der Waals surface area contributed by atoms with Crippen LogP contribution >= 0.6 is 0 Å². The third-order valence-electron chi connectivity index (χ3n) is 3.25. The number of carbonyl (C=O) groups is 1. The van der Waals surface area contributed by atoms with Crippen LogP contribution in [0.5, 0.6) is 0 Å². The van der Waals surface area contributed by atoms with Gasteiger partial charge in [0.1, 0.15) is 5.82 Å². The highest BCUT2D eigenvalue weighted by Crippen LogP contribution is 2.17. The minimum absolute atomic E-state index is 0.365. The molecule has 0 radical (unpaired) electrons. The Labute approximate surface area is 141 Å². The van der Waals surface area contributed by atoms with Gasteiger partial charge in [-0.2, -0.15) is 4.98 Å². The lowest BCUT2D eigenvalue weighted by atomic mass is 10.2. The number of ether oxygens (including phenoxy) is 2. The standard InChI is InChI=1S/C17H22N4O3/c1-12-11-15(18-9-4-10-23-2)21-17(19-12)20-14-7-5-13(6-8-14)16(22)24-3/h5-8,11H,4,9-10H2,1-3H3,(H2,18,19,20,21). The van der Waals surface area contributed by atoms with Crippen molar-refractivity contribution in [3.05, 3.63) is 41.6 Å². The summed E-state index contributed by atoms with van der Waals surface area (Å²) in [5.41, 5.74) is 2.14. The highest BCUT2D eigenvalue weighted by Gasteiger charge is 2.06. The normalized spacial score (nSPS) is 10.3. The Morgan fingerprint density at radius 1 is 1.17 bits per heavy atom. The van der Waals surface area contributed by atoms with Gasteiger partial charge in [-0.05, 0) is 37.6 Å². The first-order valence-corrected chi connectivity index (χ1v) is 7.66. The molecule has 0 spiro atoms. The fourth-order valence-electron chi connectivity index (χ4n) is 2.08. The SMILES string of the molecule is COCCCNc1cc(C)nc(Nc2ccc(C(=O)OC)cc2)n1. The van der Waals surface area contributed by atoms with E-state index in [1.807, 2.05) is 13.0 Å². The van der Waals surface area contributed by atoms with Crippen molar-refractivity contribution in [2.45, 2.75) is 13.3 Å². The molecule has 2 N–H and O–H groups in total. The van der Waals surface area contributed by atoms with Gasteiger partial charge in [0.2, 0.25) is 5.95 Å². The Kier molecular flexibility index (Phi) is 6.51. The number of nitrogens with zero attached hydrogens (tertiary/aromatic N) is 2. The Hall–Kier alpha value is -2.67. The van der Waals surface area contributed by atoms with Crippen LogP contribution in [0.25, 0.3) is 0 Å². The summed E-state index contributed by atoms with van der Waals surface area (Å²) in [5, 5.41) is 6.38. The lowest BCUT2D eigenvalue weighted by Crippen LogP contribution is -2.08. The molecule has 0 atom stereocenters. The molecule has 7 nitrogen and oxygen atoms in total. The predicted octanol–water partition coefficient (Wildman–Crippen LogP) is 2.76. The van der Waals surface area contributed by atoms with Gasteiger partial charge in [-0.25, -0.2) is 9.78 Å². The molecule has 0 aliphatic carbocycles. The molecule has 1 aromatic carbocycles. The van der Waals surface area contributed by atoms with Crippen LogP contribution in [0, 0.1) is 6.92 Å². The van der Waals surface area contributed by atoms with E-state index in [2.05, 4.69) is 25.3 Å². The first kappa shape index (κ1) is 17.7. The Morgan fingerprint density at radius 3 is 2.58 bits per heavy atom. The van der Waals surface area contributed by atoms with Crippen molar-refractivity contribution in [1.82, 2.24) is 9.97 Å². The van der Waals surface area contributed by atoms with Crippen LogP contribution in [-0.2, 0) is 9.47 Å². The number of aryl methyl sites for hydroxylation is 1. The first-order chi connectivity index (χ1) is 11.6. The fraction of sp³-hybridized carbons (Fsp3) is 0.353. The molecule has 24 heavy (non-hydrogen) atoms. The first-order valence-electron chi connectivity index (χ1n) is 7.66. The van der Waals surface area contributed by atoms with Crippen molar-refractivity contribution in [3.63, 3.8) is 0 Å². The van der Waals surface area contributed by atoms with E-state index < -0.39 is 0 Å². The van der Waals surface area contributed by atoms with E-state index in [9.17, 15) is 4.79 Å². The largest absolute Gasteiger partial charge is 0.465 e. The molecule has 2 rings (SSSR count). The van der Waals surface area contributed by atoms with Crippen molar-refractivity contribution in [3.8, 4) is 0 Å². The number of rotatable bonds is 8. The molecule has 0 fully saturated rings. The lowest BCUT2D eigenvalue weighted by molar-refractivity contribution is 0.0601. The highest BCUT2D eigenvalue weighted by atomic mass is 16.5. The van der Waals surface area contributed by atoms with Crippen molar-refractivity contribution in [2.24, 2.45) is 0 Å². The smallest absolute Gasteiger partial charge is 0.337 e. The monoisotopic (exact) mass is 330 g/mol. The molecule has 0 saturated heterocycles. The summed E-state index contributed by atoms with van der Waals surface area (Å²) in [5.74, 6) is 0.887. The molecule has 0 saturated carbocycles. The van der Waals surface area contributed by atoms with Gasteiger partial charge in [0, 0.05) is 37.7 Å². The van der Waals surface area contributed by atoms with E-state index in [1.165, 1.54) is 7.11 Å². The lowest BCUT2D eigenvalue weighted by Gasteiger charge is -2.10. The number of nitrogens with one attached hydrogen (secondary N) is 2. The number of hydrogen-bond acceptors (Lipinski definition) is 7. The van der Waals surface area contributed by atoms with Gasteiger partial charge in [0.15, 0.2) is 0 Å². The zero-order valence-corrected chi connectivity index (χ0v) is 14.1. The summed E-state index contributed by atoms with van der Waals surface area (Å²) in [6.45, 7) is 3.39. The van der Waals surface area contributed by atoms with Crippen LogP contribution in [0.15, 0.2) is 30.3 Å². The third-order valence-corrected chi connectivity index (χ3v) is 3.25. The van der Waals surface area contributed by atoms with Gasteiger partial charge in [-0.3, -0.25) is 0 Å². The van der Waals surface area contributed by atoms with Crippen LogP contribution in [0.1, 0.15) is 22.5 Å². The minimum atomic E-state index is -0.365. The van der Waals surface area contributed by atoms with Crippen LogP contribution in [0.3, 0.4) is 0 Å². The summed E-state index contributed by atoms with van der Waals surface area (Å²) in [7, 11) is 3.04. The topological polar surface area (TPSA) is 85.4 Å². The Bertz CT molecular complexity index is 674. The highest BCUT2D eigenvalue weighted by molar-refractivity contribution is 5.89. The predicted molar refractivity (Wildman–Crippen MR) is 92.8 cm³/mol. The summed E-state index contributed by atoms with van der Waals surface area (Å²) >= 11 is 0.